The van der Waals surface area contributed by atoms with E-state index < -0.39 is 29.2 Å². The minimum Gasteiger partial charge on any atom is -0.460 e. The molecule has 0 unspecified atom stereocenters. The van der Waals surface area contributed by atoms with Gasteiger partial charge in [-0.15, -0.1) is 0 Å². The van der Waals surface area contributed by atoms with E-state index in [1.54, 1.807) is 0 Å². The quantitative estimate of drug-likeness (QED) is 0.751. The molecule has 0 spiro atoms. The van der Waals surface area contributed by atoms with Gasteiger partial charge >= 0.3 is 5.97 Å². The summed E-state index contributed by atoms with van der Waals surface area (Å²) in [6.07, 6.45) is 0.785. The summed E-state index contributed by atoms with van der Waals surface area (Å²) < 4.78 is 5.89. The molecule has 4 nitrogen and oxygen atoms in total. The number of carbonyl (C=O) groups excluding carboxylic acids is 1. The Bertz CT molecular complexity index is 835. The van der Waals surface area contributed by atoms with Crippen molar-refractivity contribution in [1.29, 1.82) is 0 Å². The summed E-state index contributed by atoms with van der Waals surface area (Å²) in [7, 11) is 0. The summed E-state index contributed by atoms with van der Waals surface area (Å²) in [6.45, 7) is 5.81. The molecule has 4 atom stereocenters. The van der Waals surface area contributed by atoms with E-state index in [0.29, 0.717) is 12.3 Å². The molecule has 0 saturated heterocycles. The topological polar surface area (TPSA) is 66.8 Å². The number of esters is 1. The van der Waals surface area contributed by atoms with Crippen LogP contribution < -0.4 is 0 Å². The zero-order valence-electron chi connectivity index (χ0n) is 17.3. The van der Waals surface area contributed by atoms with E-state index in [2.05, 4.69) is 13.8 Å². The van der Waals surface area contributed by atoms with Crippen LogP contribution in [0.2, 0.25) is 0 Å². The Kier molecular flexibility index (Phi) is 4.83. The number of fused-ring (bicyclic) bond motifs is 2. The van der Waals surface area contributed by atoms with Gasteiger partial charge in [0.15, 0.2) is 0 Å². The lowest BCUT2D eigenvalue weighted by Gasteiger charge is -2.53. The molecule has 2 aromatic carbocycles. The molecule has 154 valence electrons. The molecule has 2 aliphatic rings. The Hall–Kier alpha value is -2.17. The van der Waals surface area contributed by atoms with Crippen molar-refractivity contribution in [3.05, 3.63) is 71.8 Å². The summed E-state index contributed by atoms with van der Waals surface area (Å²) in [4.78, 5) is 12.4. The summed E-state index contributed by atoms with van der Waals surface area (Å²) in [6, 6.07) is 19.4. The first-order valence-electron chi connectivity index (χ1n) is 10.5. The normalized spacial score (nSPS) is 28.9. The second-order valence-electron chi connectivity index (χ2n) is 9.21. The van der Waals surface area contributed by atoms with Gasteiger partial charge in [0.2, 0.25) is 0 Å². The van der Waals surface area contributed by atoms with E-state index in [1.807, 2.05) is 60.7 Å². The number of aliphatic hydroxyl groups excluding tert-OH is 1. The van der Waals surface area contributed by atoms with E-state index >= 15 is 0 Å². The standard InChI is InChI=1S/C25H30O4/c1-17(26)22(27)29-21-16-20-14-15-24(21,23(20,2)3)25(28,18-10-6-4-7-11-18)19-12-8-5-9-13-19/h4-13,17,20-21,26,28H,14-16H2,1-3H3/t17-,20+,21+,24+/m1/s1. The highest BCUT2D eigenvalue weighted by atomic mass is 16.6. The van der Waals surface area contributed by atoms with Gasteiger partial charge in [0.05, 0.1) is 0 Å². The summed E-state index contributed by atoms with van der Waals surface area (Å²) in [5, 5.41) is 22.4. The first-order chi connectivity index (χ1) is 13.7. The zero-order chi connectivity index (χ0) is 20.9. The lowest BCUT2D eigenvalue weighted by Crippen LogP contribution is -2.57. The molecule has 2 aromatic rings. The van der Waals surface area contributed by atoms with Crippen LogP contribution >= 0.6 is 0 Å². The van der Waals surface area contributed by atoms with Crippen molar-refractivity contribution < 1.29 is 19.7 Å². The fourth-order valence-electron chi connectivity index (χ4n) is 6.21. The van der Waals surface area contributed by atoms with Gasteiger partial charge in [0, 0.05) is 5.41 Å². The Balaban J connectivity index is 1.95. The van der Waals surface area contributed by atoms with Crippen LogP contribution in [0.15, 0.2) is 60.7 Å². The zero-order valence-corrected chi connectivity index (χ0v) is 17.3. The number of rotatable bonds is 5. The van der Waals surface area contributed by atoms with Crippen molar-refractivity contribution in [2.75, 3.05) is 0 Å². The molecule has 2 saturated carbocycles. The largest absolute Gasteiger partial charge is 0.460 e. The highest BCUT2D eigenvalue weighted by molar-refractivity contribution is 5.74. The van der Waals surface area contributed by atoms with Crippen molar-refractivity contribution in [2.45, 2.75) is 57.8 Å². The smallest absolute Gasteiger partial charge is 0.334 e. The van der Waals surface area contributed by atoms with Crippen molar-refractivity contribution in [1.82, 2.24) is 0 Å². The van der Waals surface area contributed by atoms with Gasteiger partial charge < -0.3 is 14.9 Å². The number of carbonyl (C=O) groups is 1. The van der Waals surface area contributed by atoms with Crippen LogP contribution in [0.3, 0.4) is 0 Å². The lowest BCUT2D eigenvalue weighted by molar-refractivity contribution is -0.190. The molecule has 0 aliphatic heterocycles. The van der Waals surface area contributed by atoms with Gasteiger partial charge in [-0.3, -0.25) is 0 Å². The van der Waals surface area contributed by atoms with Crippen LogP contribution in [-0.4, -0.2) is 28.4 Å². The Labute approximate surface area is 172 Å². The summed E-state index contributed by atoms with van der Waals surface area (Å²) in [5.41, 5.74) is -0.664. The number of aliphatic hydroxyl groups is 2. The van der Waals surface area contributed by atoms with Gasteiger partial charge in [-0.1, -0.05) is 74.5 Å². The number of benzene rings is 2. The van der Waals surface area contributed by atoms with E-state index in [1.165, 1.54) is 6.92 Å². The number of ether oxygens (including phenoxy) is 1. The van der Waals surface area contributed by atoms with Gasteiger partial charge in [-0.05, 0) is 48.6 Å². The first kappa shape index (κ1) is 20.1. The van der Waals surface area contributed by atoms with Crippen molar-refractivity contribution in [3.63, 3.8) is 0 Å². The Morgan fingerprint density at radius 2 is 1.59 bits per heavy atom. The minimum atomic E-state index is -1.33. The third-order valence-corrected chi connectivity index (χ3v) is 7.73. The van der Waals surface area contributed by atoms with E-state index in [4.69, 9.17) is 4.74 Å². The van der Waals surface area contributed by atoms with Crippen LogP contribution in [0.5, 0.6) is 0 Å². The molecule has 0 heterocycles. The monoisotopic (exact) mass is 394 g/mol. The highest BCUT2D eigenvalue weighted by Crippen LogP contribution is 2.73. The Morgan fingerprint density at radius 3 is 2.03 bits per heavy atom. The molecule has 29 heavy (non-hydrogen) atoms. The maximum Gasteiger partial charge on any atom is 0.334 e. The maximum atomic E-state index is 12.6. The van der Waals surface area contributed by atoms with Crippen molar-refractivity contribution in [3.8, 4) is 0 Å². The highest BCUT2D eigenvalue weighted by Gasteiger charge is 2.74. The van der Waals surface area contributed by atoms with Gasteiger partial charge in [-0.2, -0.15) is 0 Å². The van der Waals surface area contributed by atoms with Crippen LogP contribution in [0.4, 0.5) is 0 Å². The van der Waals surface area contributed by atoms with Crippen LogP contribution in [0.1, 0.15) is 51.2 Å². The maximum absolute atomic E-state index is 12.6. The van der Waals surface area contributed by atoms with Crippen molar-refractivity contribution in [2.24, 2.45) is 16.7 Å². The predicted octanol–water partition coefficient (Wildman–Crippen LogP) is 4.04. The average Bonchev–Trinajstić information content (AvgIpc) is 3.11. The molecule has 4 rings (SSSR count). The predicted molar refractivity (Wildman–Crippen MR) is 111 cm³/mol. The van der Waals surface area contributed by atoms with E-state index in [9.17, 15) is 15.0 Å². The van der Waals surface area contributed by atoms with Gasteiger partial charge in [0.1, 0.15) is 17.8 Å². The number of hydrogen-bond donors (Lipinski definition) is 2. The summed E-state index contributed by atoms with van der Waals surface area (Å²) >= 11 is 0. The molecular weight excluding hydrogens is 364 g/mol. The molecule has 2 fully saturated rings. The van der Waals surface area contributed by atoms with E-state index in [0.717, 1.165) is 24.0 Å². The van der Waals surface area contributed by atoms with Gasteiger partial charge in [-0.25, -0.2) is 4.79 Å². The van der Waals surface area contributed by atoms with Crippen LogP contribution in [0.25, 0.3) is 0 Å². The molecule has 4 heteroatoms. The fourth-order valence-corrected chi connectivity index (χ4v) is 6.21. The molecular formula is C25H30O4. The lowest BCUT2D eigenvalue weighted by atomic mass is 9.54. The molecule has 0 radical (unpaired) electrons. The molecule has 0 amide bonds. The SMILES string of the molecule is C[C@@H](O)C(=O)O[C@H]1C[C@@H]2CC[C@@]1(C(O)(c1ccccc1)c1ccccc1)C2(C)C. The summed E-state index contributed by atoms with van der Waals surface area (Å²) in [5.74, 6) is -0.283. The van der Waals surface area contributed by atoms with Crippen molar-refractivity contribution >= 4 is 5.97 Å². The molecule has 2 aliphatic carbocycles. The molecule has 2 N–H and O–H groups in total. The van der Waals surface area contributed by atoms with E-state index in [-0.39, 0.29) is 5.41 Å². The van der Waals surface area contributed by atoms with Crippen LogP contribution in [-0.2, 0) is 15.1 Å². The number of hydrogen-bond acceptors (Lipinski definition) is 4. The molecule has 2 bridgehead atoms. The molecule has 0 aromatic heterocycles. The second-order valence-corrected chi connectivity index (χ2v) is 9.21. The fraction of sp³-hybridized carbons (Fsp3) is 0.480. The van der Waals surface area contributed by atoms with Crippen LogP contribution in [0, 0.1) is 16.7 Å². The average molecular weight is 395 g/mol. The second kappa shape index (κ2) is 6.96. The Morgan fingerprint density at radius 1 is 1.07 bits per heavy atom. The third-order valence-electron chi connectivity index (χ3n) is 7.73. The van der Waals surface area contributed by atoms with Gasteiger partial charge in [0.25, 0.3) is 0 Å². The minimum absolute atomic E-state index is 0.253. The third kappa shape index (κ3) is 2.69. The first-order valence-corrected chi connectivity index (χ1v) is 10.5.